The van der Waals surface area contributed by atoms with Crippen LogP contribution in [0.3, 0.4) is 0 Å². The molecule has 0 fully saturated rings. The Morgan fingerprint density at radius 1 is 1.00 bits per heavy atom. The topological polar surface area (TPSA) is 23.1 Å². The first-order chi connectivity index (χ1) is 3.39. The molecule has 0 N–H and O–H groups in total. The van der Waals surface area contributed by atoms with E-state index in [-0.39, 0.29) is 66.3 Å². The third-order valence-electron chi connectivity index (χ3n) is 0.743. The molecule has 0 saturated carbocycles. The zero-order valence-corrected chi connectivity index (χ0v) is 9.79. The van der Waals surface area contributed by atoms with Crippen molar-refractivity contribution >= 4 is 0 Å². The first-order valence-corrected chi connectivity index (χ1v) is 2.11. The van der Waals surface area contributed by atoms with Gasteiger partial charge in [-0.15, -0.1) is 5.75 Å². The molecule has 3 heteroatoms. The maximum Gasteiger partial charge on any atom is 1.00 e. The summed E-state index contributed by atoms with van der Waals surface area (Å²) < 4.78 is 0. The van der Waals surface area contributed by atoms with Gasteiger partial charge >= 0.3 is 59.1 Å². The smallest absolute Gasteiger partial charge is 1.00 e. The Balaban J connectivity index is -0.000000163. The Morgan fingerprint density at radius 3 is 1.67 bits per heavy atom. The minimum absolute atomic E-state index is 0. The maximum atomic E-state index is 10.3. The maximum absolute atomic E-state index is 10.3. The number of hydrogen-bond donors (Lipinski definition) is 0. The molecule has 1 nitrogen and oxygen atoms in total. The van der Waals surface area contributed by atoms with E-state index in [4.69, 9.17) is 0 Å². The van der Waals surface area contributed by atoms with Gasteiger partial charge in [-0.1, -0.05) is 30.3 Å². The van der Waals surface area contributed by atoms with Crippen molar-refractivity contribution in [3.05, 3.63) is 30.3 Å². The van der Waals surface area contributed by atoms with Gasteiger partial charge < -0.3 is 6.53 Å². The fourth-order valence-corrected chi connectivity index (χ4v) is 0.420. The fraction of sp³-hybridized carbons (Fsp3) is 0. The van der Waals surface area contributed by atoms with E-state index in [1.165, 1.54) is 12.1 Å². The second-order valence-corrected chi connectivity index (χ2v) is 1.31. The van der Waals surface area contributed by atoms with Gasteiger partial charge in [0.15, 0.2) is 0 Å². The van der Waals surface area contributed by atoms with Crippen molar-refractivity contribution in [3.63, 3.8) is 0 Å². The average molecular weight is 140 g/mol. The van der Waals surface area contributed by atoms with Gasteiger partial charge in [0.1, 0.15) is 0 Å². The quantitative estimate of drug-likeness (QED) is 0.330. The SMILES string of the molecule is [H-].[Na+].[Na+].[O-]c1ccccc1. The predicted octanol–water partition coefficient (Wildman–Crippen LogP) is -5.12. The third kappa shape index (κ3) is 5.46. The predicted molar refractivity (Wildman–Crippen MR) is 27.0 cm³/mol. The van der Waals surface area contributed by atoms with Crippen molar-refractivity contribution in [2.45, 2.75) is 0 Å². The van der Waals surface area contributed by atoms with Crippen molar-refractivity contribution in [1.82, 2.24) is 0 Å². The van der Waals surface area contributed by atoms with Crippen LogP contribution in [0.2, 0.25) is 0 Å². The van der Waals surface area contributed by atoms with Gasteiger partial charge in [-0.25, -0.2) is 0 Å². The normalized spacial score (nSPS) is 6.67. The molecular weight excluding hydrogens is 134 g/mol. The Kier molecular flexibility index (Phi) is 10.0. The number of benzene rings is 1. The molecule has 0 aliphatic carbocycles. The first kappa shape index (κ1) is 12.7. The third-order valence-corrected chi connectivity index (χ3v) is 0.743. The van der Waals surface area contributed by atoms with Crippen LogP contribution in [-0.4, -0.2) is 0 Å². The molecule has 9 heavy (non-hydrogen) atoms. The molecule has 0 bridgehead atoms. The molecule has 38 valence electrons. The number of para-hydroxylation sites is 1. The van der Waals surface area contributed by atoms with Crippen LogP contribution in [0.1, 0.15) is 1.43 Å². The molecule has 0 heterocycles. The van der Waals surface area contributed by atoms with Crippen LogP contribution in [0.25, 0.3) is 0 Å². The molecule has 0 aliphatic heterocycles. The van der Waals surface area contributed by atoms with Crippen molar-refractivity contribution in [2.24, 2.45) is 0 Å². The molecule has 1 aromatic carbocycles. The molecule has 0 aromatic heterocycles. The van der Waals surface area contributed by atoms with Gasteiger partial charge in [0, 0.05) is 0 Å². The summed E-state index contributed by atoms with van der Waals surface area (Å²) in [7, 11) is 0. The Morgan fingerprint density at radius 2 is 1.44 bits per heavy atom. The van der Waals surface area contributed by atoms with E-state index in [1.54, 1.807) is 12.1 Å². The molecule has 0 spiro atoms. The second-order valence-electron chi connectivity index (χ2n) is 1.31. The minimum Gasteiger partial charge on any atom is -1.00 e. The van der Waals surface area contributed by atoms with Gasteiger partial charge in [-0.3, -0.25) is 0 Å². The van der Waals surface area contributed by atoms with E-state index in [1.807, 2.05) is 6.07 Å². The van der Waals surface area contributed by atoms with Gasteiger partial charge in [0.2, 0.25) is 0 Å². The average Bonchev–Trinajstić information content (AvgIpc) is 1.69. The molecule has 0 amide bonds. The Hall–Kier alpha value is 1.02. The standard InChI is InChI=1S/C6H6O.2Na.H/c7-6-4-2-1-3-5-6;;;/h1-5,7H;;;/q;2*+1;-1/p-1. The summed E-state index contributed by atoms with van der Waals surface area (Å²) in [6.07, 6.45) is 0. The van der Waals surface area contributed by atoms with Crippen LogP contribution in [0.15, 0.2) is 30.3 Å². The van der Waals surface area contributed by atoms with E-state index < -0.39 is 0 Å². The zero-order valence-electron chi connectivity index (χ0n) is 6.79. The van der Waals surface area contributed by atoms with Crippen molar-refractivity contribution in [3.8, 4) is 5.75 Å². The monoisotopic (exact) mass is 140 g/mol. The van der Waals surface area contributed by atoms with Crippen LogP contribution in [-0.2, 0) is 0 Å². The van der Waals surface area contributed by atoms with E-state index in [2.05, 4.69) is 0 Å². The summed E-state index contributed by atoms with van der Waals surface area (Å²) in [5.41, 5.74) is 0. The van der Waals surface area contributed by atoms with E-state index in [9.17, 15) is 5.11 Å². The Labute approximate surface area is 101 Å². The van der Waals surface area contributed by atoms with Crippen LogP contribution in [0.5, 0.6) is 5.75 Å². The van der Waals surface area contributed by atoms with Crippen molar-refractivity contribution in [2.75, 3.05) is 0 Å². The number of hydrogen-bond acceptors (Lipinski definition) is 1. The van der Waals surface area contributed by atoms with Crippen molar-refractivity contribution < 1.29 is 65.6 Å². The molecular formula is C6H6Na2O. The summed E-state index contributed by atoms with van der Waals surface area (Å²) in [5, 5.41) is 10.3. The molecule has 0 aliphatic rings. The molecule has 0 radical (unpaired) electrons. The molecule has 1 aromatic rings. The zero-order chi connectivity index (χ0) is 5.11. The largest absolute Gasteiger partial charge is 1.00 e. The summed E-state index contributed by atoms with van der Waals surface area (Å²) in [6, 6.07) is 8.33. The van der Waals surface area contributed by atoms with Gasteiger partial charge in [0.25, 0.3) is 0 Å². The first-order valence-electron chi connectivity index (χ1n) is 2.11. The fourth-order valence-electron chi connectivity index (χ4n) is 0.420. The molecule has 0 saturated heterocycles. The van der Waals surface area contributed by atoms with Gasteiger partial charge in [-0.2, -0.15) is 0 Å². The van der Waals surface area contributed by atoms with Crippen molar-refractivity contribution in [1.29, 1.82) is 0 Å². The van der Waals surface area contributed by atoms with Gasteiger partial charge in [-0.05, 0) is 0 Å². The van der Waals surface area contributed by atoms with Crippen LogP contribution in [0, 0.1) is 0 Å². The van der Waals surface area contributed by atoms with Crippen LogP contribution >= 0.6 is 0 Å². The minimum atomic E-state index is 0. The Bertz CT molecular complexity index is 146. The van der Waals surface area contributed by atoms with E-state index in [0.29, 0.717) is 0 Å². The second kappa shape index (κ2) is 7.13. The number of rotatable bonds is 0. The van der Waals surface area contributed by atoms with E-state index in [0.717, 1.165) is 0 Å². The summed E-state index contributed by atoms with van der Waals surface area (Å²) in [5.74, 6) is 0.0718. The summed E-state index contributed by atoms with van der Waals surface area (Å²) in [4.78, 5) is 0. The summed E-state index contributed by atoms with van der Waals surface area (Å²) >= 11 is 0. The van der Waals surface area contributed by atoms with Crippen LogP contribution in [0.4, 0.5) is 0 Å². The molecule has 1 rings (SSSR count). The van der Waals surface area contributed by atoms with E-state index >= 15 is 0 Å². The summed E-state index contributed by atoms with van der Waals surface area (Å²) in [6.45, 7) is 0. The van der Waals surface area contributed by atoms with Crippen LogP contribution < -0.4 is 64.2 Å². The van der Waals surface area contributed by atoms with Gasteiger partial charge in [0.05, 0.1) is 0 Å². The molecule has 0 unspecified atom stereocenters. The molecule has 0 atom stereocenters.